The Balaban J connectivity index is 2.15. The van der Waals surface area contributed by atoms with Crippen LogP contribution in [0.15, 0.2) is 23.1 Å². The van der Waals surface area contributed by atoms with Gasteiger partial charge in [0.1, 0.15) is 5.82 Å². The molecule has 1 saturated carbocycles. The van der Waals surface area contributed by atoms with Crippen LogP contribution in [0.3, 0.4) is 0 Å². The third-order valence-corrected chi connectivity index (χ3v) is 5.02. The van der Waals surface area contributed by atoms with Crippen molar-refractivity contribution in [3.05, 3.63) is 29.6 Å². The van der Waals surface area contributed by atoms with Gasteiger partial charge in [0, 0.05) is 6.54 Å². The lowest BCUT2D eigenvalue weighted by molar-refractivity contribution is 0.278. The first-order valence-corrected chi connectivity index (χ1v) is 7.81. The van der Waals surface area contributed by atoms with Gasteiger partial charge in [0.25, 0.3) is 0 Å². The molecular formula is C13H18FNO3S. The minimum absolute atomic E-state index is 0.182. The minimum atomic E-state index is -3.78. The second-order valence-corrected chi connectivity index (χ2v) is 6.81. The van der Waals surface area contributed by atoms with Gasteiger partial charge in [-0.05, 0) is 42.4 Å². The lowest BCUT2D eigenvalue weighted by atomic mass is 10.1. The van der Waals surface area contributed by atoms with E-state index in [1.165, 1.54) is 6.07 Å². The summed E-state index contributed by atoms with van der Waals surface area (Å²) < 4.78 is 39.9. The molecule has 1 aromatic carbocycles. The molecule has 0 saturated heterocycles. The molecule has 1 aromatic rings. The molecule has 0 amide bonds. The number of halogens is 1. The third-order valence-electron chi connectivity index (χ3n) is 3.51. The van der Waals surface area contributed by atoms with Crippen LogP contribution in [-0.4, -0.2) is 20.1 Å². The van der Waals surface area contributed by atoms with E-state index in [1.54, 1.807) is 0 Å². The van der Waals surface area contributed by atoms with E-state index in [0.29, 0.717) is 12.5 Å². The Morgan fingerprint density at radius 3 is 2.74 bits per heavy atom. The summed E-state index contributed by atoms with van der Waals surface area (Å²) in [6.07, 6.45) is 2.29. The Kier molecular flexibility index (Phi) is 4.23. The van der Waals surface area contributed by atoms with Gasteiger partial charge in [-0.3, -0.25) is 0 Å². The molecule has 1 fully saturated rings. The fourth-order valence-corrected chi connectivity index (χ4v) is 3.44. The van der Waals surface area contributed by atoms with Crippen molar-refractivity contribution in [3.8, 4) is 0 Å². The summed E-state index contributed by atoms with van der Waals surface area (Å²) in [4.78, 5) is -0.182. The van der Waals surface area contributed by atoms with E-state index in [4.69, 9.17) is 5.11 Å². The Morgan fingerprint density at radius 1 is 1.47 bits per heavy atom. The van der Waals surface area contributed by atoms with E-state index in [0.717, 1.165) is 25.0 Å². The molecule has 0 aliphatic heterocycles. The number of hydrogen-bond donors (Lipinski definition) is 2. The zero-order valence-corrected chi connectivity index (χ0v) is 11.6. The van der Waals surface area contributed by atoms with Gasteiger partial charge in [0.15, 0.2) is 0 Å². The maximum Gasteiger partial charge on any atom is 0.241 e. The molecule has 6 heteroatoms. The smallest absolute Gasteiger partial charge is 0.241 e. The van der Waals surface area contributed by atoms with Crippen LogP contribution in [0.25, 0.3) is 0 Å². The standard InChI is InChI=1S/C13H18FNO3S/c1-9(10-2-3-10)7-15-19(17,18)13-6-12(14)5-4-11(13)8-16/h4-6,9-10,15-16H,2-3,7-8H2,1H3. The molecule has 0 spiro atoms. The number of aliphatic hydroxyl groups is 1. The van der Waals surface area contributed by atoms with E-state index in [2.05, 4.69) is 4.72 Å². The van der Waals surface area contributed by atoms with Crippen LogP contribution >= 0.6 is 0 Å². The van der Waals surface area contributed by atoms with Gasteiger partial charge in [-0.25, -0.2) is 17.5 Å². The molecule has 0 aromatic heterocycles. The van der Waals surface area contributed by atoms with Crippen molar-refractivity contribution in [1.82, 2.24) is 4.72 Å². The van der Waals surface area contributed by atoms with Crippen LogP contribution in [0.1, 0.15) is 25.3 Å². The van der Waals surface area contributed by atoms with E-state index in [-0.39, 0.29) is 16.4 Å². The van der Waals surface area contributed by atoms with E-state index in [1.807, 2.05) is 6.92 Å². The van der Waals surface area contributed by atoms with Crippen molar-refractivity contribution in [2.24, 2.45) is 11.8 Å². The summed E-state index contributed by atoms with van der Waals surface area (Å²) in [5.74, 6) is 0.237. The molecule has 2 N–H and O–H groups in total. The fourth-order valence-electron chi connectivity index (χ4n) is 2.06. The highest BCUT2D eigenvalue weighted by Gasteiger charge is 2.29. The quantitative estimate of drug-likeness (QED) is 0.836. The topological polar surface area (TPSA) is 66.4 Å². The minimum Gasteiger partial charge on any atom is -0.392 e. The molecule has 1 unspecified atom stereocenters. The normalized spacial score (nSPS) is 17.4. The largest absolute Gasteiger partial charge is 0.392 e. The predicted octanol–water partition coefficient (Wildman–Crippen LogP) is 1.64. The van der Waals surface area contributed by atoms with Gasteiger partial charge in [-0.1, -0.05) is 13.0 Å². The van der Waals surface area contributed by atoms with Crippen molar-refractivity contribution in [2.45, 2.75) is 31.3 Å². The lowest BCUT2D eigenvalue weighted by Gasteiger charge is -2.13. The second kappa shape index (κ2) is 5.56. The maximum absolute atomic E-state index is 13.2. The summed E-state index contributed by atoms with van der Waals surface area (Å²) in [7, 11) is -3.78. The highest BCUT2D eigenvalue weighted by molar-refractivity contribution is 7.89. The van der Waals surface area contributed by atoms with E-state index in [9.17, 15) is 12.8 Å². The molecule has 0 bridgehead atoms. The molecule has 19 heavy (non-hydrogen) atoms. The molecule has 0 heterocycles. The average molecular weight is 287 g/mol. The van der Waals surface area contributed by atoms with Crippen molar-refractivity contribution in [2.75, 3.05) is 6.54 Å². The van der Waals surface area contributed by atoms with Gasteiger partial charge < -0.3 is 5.11 Å². The summed E-state index contributed by atoms with van der Waals surface area (Å²) in [6.45, 7) is 1.90. The molecule has 0 radical (unpaired) electrons. The van der Waals surface area contributed by atoms with Crippen LogP contribution in [0.5, 0.6) is 0 Å². The summed E-state index contributed by atoms with van der Waals surface area (Å²) in [5, 5.41) is 9.13. The van der Waals surface area contributed by atoms with Gasteiger partial charge in [-0.2, -0.15) is 0 Å². The molecule has 106 valence electrons. The second-order valence-electron chi connectivity index (χ2n) is 5.08. The fraction of sp³-hybridized carbons (Fsp3) is 0.538. The summed E-state index contributed by atoms with van der Waals surface area (Å²) >= 11 is 0. The van der Waals surface area contributed by atoms with Crippen molar-refractivity contribution in [3.63, 3.8) is 0 Å². The summed E-state index contributed by atoms with van der Waals surface area (Å²) in [5.41, 5.74) is 0.202. The average Bonchev–Trinajstić information content (AvgIpc) is 3.20. The first kappa shape index (κ1) is 14.4. The van der Waals surface area contributed by atoms with Crippen molar-refractivity contribution >= 4 is 10.0 Å². The van der Waals surface area contributed by atoms with Gasteiger partial charge >= 0.3 is 0 Å². The highest BCUT2D eigenvalue weighted by Crippen LogP contribution is 2.36. The number of sulfonamides is 1. The third kappa shape index (κ3) is 3.52. The Hall–Kier alpha value is -0.980. The van der Waals surface area contributed by atoms with E-state index >= 15 is 0 Å². The maximum atomic E-state index is 13.2. The molecule has 4 nitrogen and oxygen atoms in total. The molecule has 2 rings (SSSR count). The summed E-state index contributed by atoms with van der Waals surface area (Å²) in [6, 6.07) is 3.36. The number of rotatable bonds is 6. The van der Waals surface area contributed by atoms with Gasteiger partial charge in [-0.15, -0.1) is 0 Å². The lowest BCUT2D eigenvalue weighted by Crippen LogP contribution is -2.30. The highest BCUT2D eigenvalue weighted by atomic mass is 32.2. The van der Waals surface area contributed by atoms with Crippen LogP contribution in [0.4, 0.5) is 4.39 Å². The predicted molar refractivity (Wildman–Crippen MR) is 69.4 cm³/mol. The van der Waals surface area contributed by atoms with Crippen LogP contribution in [-0.2, 0) is 16.6 Å². The number of benzene rings is 1. The first-order valence-electron chi connectivity index (χ1n) is 6.33. The molecular weight excluding hydrogens is 269 g/mol. The monoisotopic (exact) mass is 287 g/mol. The van der Waals surface area contributed by atoms with Gasteiger partial charge in [0.2, 0.25) is 10.0 Å². The number of nitrogens with one attached hydrogen (secondary N) is 1. The molecule has 1 aliphatic carbocycles. The number of aliphatic hydroxyl groups excluding tert-OH is 1. The van der Waals surface area contributed by atoms with Crippen LogP contribution in [0, 0.1) is 17.7 Å². The Morgan fingerprint density at radius 2 is 2.16 bits per heavy atom. The molecule has 1 atom stereocenters. The Bertz CT molecular complexity index is 555. The van der Waals surface area contributed by atoms with Crippen LogP contribution in [0.2, 0.25) is 0 Å². The zero-order chi connectivity index (χ0) is 14.0. The van der Waals surface area contributed by atoms with Gasteiger partial charge in [0.05, 0.1) is 11.5 Å². The number of hydrogen-bond acceptors (Lipinski definition) is 3. The first-order chi connectivity index (χ1) is 8.94. The SMILES string of the molecule is CC(CNS(=O)(=O)c1cc(F)ccc1CO)C1CC1. The van der Waals surface area contributed by atoms with Crippen molar-refractivity contribution < 1.29 is 17.9 Å². The van der Waals surface area contributed by atoms with Crippen molar-refractivity contribution in [1.29, 1.82) is 0 Å². The van der Waals surface area contributed by atoms with E-state index < -0.39 is 22.4 Å². The van der Waals surface area contributed by atoms with Crippen LogP contribution < -0.4 is 4.72 Å². The molecule has 1 aliphatic rings. The Labute approximate surface area is 112 Å². The zero-order valence-electron chi connectivity index (χ0n) is 10.8.